The van der Waals surface area contributed by atoms with Gasteiger partial charge in [-0.15, -0.1) is 0 Å². The van der Waals surface area contributed by atoms with Crippen molar-refractivity contribution >= 4 is 70.7 Å². The second kappa shape index (κ2) is 23.3. The number of ether oxygens (including phenoxy) is 6. The minimum absolute atomic E-state index is 0.0222. The maximum Gasteiger partial charge on any atom is 0.343 e. The Morgan fingerprint density at radius 1 is 0.570 bits per heavy atom. The molecule has 8 N–H and O–H groups in total. The molecule has 9 rings (SSSR count). The molecule has 0 saturated carbocycles. The molecule has 0 amide bonds. The third kappa shape index (κ3) is 13.5. The molecule has 0 spiro atoms. The zero-order valence-electron chi connectivity index (χ0n) is 41.8. The summed E-state index contributed by atoms with van der Waals surface area (Å²) in [7, 11) is -13.6. The molecule has 22 nitrogen and oxygen atoms in total. The summed E-state index contributed by atoms with van der Waals surface area (Å²) in [6.45, 7) is 2.18. The van der Waals surface area contributed by atoms with Crippen molar-refractivity contribution in [3.63, 3.8) is 0 Å². The molecule has 0 aromatic heterocycles. The van der Waals surface area contributed by atoms with Crippen LogP contribution in [0.2, 0.25) is 0 Å². The van der Waals surface area contributed by atoms with Crippen LogP contribution in [0, 0.1) is 0 Å². The van der Waals surface area contributed by atoms with Gasteiger partial charge in [-0.2, -0.15) is 0 Å². The van der Waals surface area contributed by atoms with Crippen molar-refractivity contribution in [1.29, 1.82) is 0 Å². The van der Waals surface area contributed by atoms with E-state index in [-0.39, 0.29) is 95.3 Å². The molecule has 1 unspecified atom stereocenters. The number of anilines is 4. The van der Waals surface area contributed by atoms with Gasteiger partial charge in [0.15, 0.2) is 17.2 Å². The second-order valence-corrected chi connectivity index (χ2v) is 22.8. The zero-order valence-corrected chi connectivity index (χ0v) is 44.3. The van der Waals surface area contributed by atoms with Crippen LogP contribution < -0.4 is 49.5 Å². The highest BCUT2D eigenvalue weighted by Crippen LogP contribution is 2.43. The molecular formula is C54H52N6O16S3. The van der Waals surface area contributed by atoms with Crippen LogP contribution >= 0.6 is 0 Å². The van der Waals surface area contributed by atoms with Crippen molar-refractivity contribution in [2.45, 2.75) is 46.5 Å². The molecular weight excluding hydrogens is 1080 g/mol. The van der Waals surface area contributed by atoms with Gasteiger partial charge in [-0.25, -0.2) is 55.1 Å². The molecule has 3 aliphatic rings. The zero-order chi connectivity index (χ0) is 56.1. The lowest BCUT2D eigenvalue weighted by molar-refractivity contribution is 0.0630. The van der Waals surface area contributed by atoms with Crippen LogP contribution in [0.25, 0.3) is 0 Å². The quantitative estimate of drug-likeness (QED) is 0.0421. The fraction of sp³-hybridized carbons (Fsp3) is 0.204. The van der Waals surface area contributed by atoms with E-state index in [0.29, 0.717) is 30.2 Å². The van der Waals surface area contributed by atoms with Gasteiger partial charge in [0.25, 0.3) is 0 Å². The fourth-order valence-corrected chi connectivity index (χ4v) is 10.9. The molecule has 2 saturated heterocycles. The number of carbonyl (C=O) groups excluding carboxylic acids is 2. The molecule has 25 heteroatoms. The van der Waals surface area contributed by atoms with E-state index in [2.05, 4.69) is 5.32 Å². The highest BCUT2D eigenvalue weighted by Gasteiger charge is 2.32. The van der Waals surface area contributed by atoms with Gasteiger partial charge >= 0.3 is 17.9 Å². The lowest BCUT2D eigenvalue weighted by atomic mass is 10.1. The van der Waals surface area contributed by atoms with E-state index in [9.17, 15) is 44.7 Å². The number of para-hydroxylation sites is 2. The van der Waals surface area contributed by atoms with Crippen molar-refractivity contribution in [3.8, 4) is 34.5 Å². The number of hydrogen-bond acceptors (Lipinski definition) is 18. The monoisotopic (exact) mass is 1140 g/mol. The summed E-state index contributed by atoms with van der Waals surface area (Å²) in [5.41, 5.74) is 0.233. The number of carboxylic acids is 1. The lowest BCUT2D eigenvalue weighted by Crippen LogP contribution is -2.37. The second-order valence-electron chi connectivity index (χ2n) is 18.2. The van der Waals surface area contributed by atoms with E-state index in [1.54, 1.807) is 65.6 Å². The number of esters is 2. The number of allylic oxidation sites excluding steroid dienone is 1. The van der Waals surface area contributed by atoms with Gasteiger partial charge in [0, 0.05) is 38.3 Å². The van der Waals surface area contributed by atoms with Crippen LogP contribution in [0.4, 0.5) is 22.7 Å². The Hall–Kier alpha value is -8.30. The van der Waals surface area contributed by atoms with Crippen LogP contribution in [0.5, 0.6) is 34.5 Å². The first kappa shape index (κ1) is 55.5. The molecule has 1 atom stereocenters. The number of aromatic carboxylic acids is 1. The molecule has 412 valence electrons. The third-order valence-corrected chi connectivity index (χ3v) is 15.3. The molecule has 6 aromatic rings. The maximum absolute atomic E-state index is 13.9. The fourth-order valence-electron chi connectivity index (χ4n) is 8.80. The van der Waals surface area contributed by atoms with Crippen molar-refractivity contribution in [1.82, 2.24) is 0 Å². The number of rotatable bonds is 18. The molecule has 6 aromatic carbocycles. The van der Waals surface area contributed by atoms with Gasteiger partial charge in [0.1, 0.15) is 43.8 Å². The van der Waals surface area contributed by atoms with Crippen LogP contribution in [0.3, 0.4) is 0 Å². The molecule has 79 heavy (non-hydrogen) atoms. The largest absolute Gasteiger partial charge is 0.482 e. The Morgan fingerprint density at radius 2 is 1.08 bits per heavy atom. The van der Waals surface area contributed by atoms with Crippen molar-refractivity contribution in [2.24, 2.45) is 15.4 Å². The number of sulfonamides is 3. The van der Waals surface area contributed by atoms with E-state index in [1.165, 1.54) is 60.7 Å². The van der Waals surface area contributed by atoms with Crippen molar-refractivity contribution < 1.29 is 73.2 Å². The number of carboxylic acid groups (broad SMARTS) is 1. The Bertz CT molecular complexity index is 3720. The third-order valence-electron chi connectivity index (χ3n) is 12.6. The minimum atomic E-state index is -4.63. The van der Waals surface area contributed by atoms with E-state index in [0.717, 1.165) is 37.5 Å². The molecule has 1 aliphatic carbocycles. The number of hydrogen-bond donors (Lipinski definition) is 5. The summed E-state index contributed by atoms with van der Waals surface area (Å²) in [6.07, 6.45) is 6.30. The van der Waals surface area contributed by atoms with E-state index < -0.39 is 68.8 Å². The summed E-state index contributed by atoms with van der Waals surface area (Å²) in [5.74, 6) is -3.43. The number of nitrogens with zero attached hydrogens (tertiary/aromatic N) is 2. The topological polar surface area (TPSA) is 326 Å². The van der Waals surface area contributed by atoms with Crippen LogP contribution in [-0.4, -0.2) is 93.8 Å². The Labute approximate surface area is 454 Å². The predicted octanol–water partition coefficient (Wildman–Crippen LogP) is 7.15. The number of benzene rings is 6. The molecule has 2 heterocycles. The first-order valence-corrected chi connectivity index (χ1v) is 29.1. The highest BCUT2D eigenvalue weighted by atomic mass is 32.2. The van der Waals surface area contributed by atoms with Crippen LogP contribution in [-0.2, 0) is 39.5 Å². The standard InChI is InChI=1S/C54H52N6O16S3/c55-77(65,66)46-31-34(52(61)62)28-43(58-37-10-4-1-5-11-37)49(46)72-39-14-18-41(19-15-39)75-54(64)36-30-45(60-24-26-71-27-25-60)51(48(33-36)79(57,69)70)74-40-16-20-42(21-17-40)76-53(63)35-29-44(59-22-8-3-9-23-59)50(47(32-35)78(56,67)68)73-38-12-6-2-7-13-38/h1-2,4-7,10-16,18-21,28-33,40,58H,3,8-9,17,22-27H2,(H,61,62)(H2,55,65,66)(H2,56,67,68)(H2,57,69,70). The van der Waals surface area contributed by atoms with Crippen molar-refractivity contribution in [2.75, 3.05) is 54.5 Å². The number of nitrogens with two attached hydrogens (primary N) is 3. The molecule has 2 fully saturated rings. The first-order chi connectivity index (χ1) is 37.7. The van der Waals surface area contributed by atoms with Gasteiger partial charge in [-0.1, -0.05) is 36.4 Å². The number of piperidine rings is 1. The number of nitrogens with one attached hydrogen (secondary N) is 1. The van der Waals surface area contributed by atoms with E-state index >= 15 is 0 Å². The average molecular weight is 1140 g/mol. The van der Waals surface area contributed by atoms with E-state index in [1.807, 2.05) is 4.90 Å². The summed E-state index contributed by atoms with van der Waals surface area (Å²) < 4.78 is 114. The molecule has 0 radical (unpaired) electrons. The van der Waals surface area contributed by atoms with Crippen LogP contribution in [0.15, 0.2) is 160 Å². The highest BCUT2D eigenvalue weighted by molar-refractivity contribution is 7.89. The van der Waals surface area contributed by atoms with Gasteiger partial charge in [-0.3, -0.25) is 0 Å². The SMILES string of the molecule is NS(=O)(=O)c1cc(C(=O)O)cc(Nc2ccccc2)c1Oc1ccc(OC(=O)c2cc(N3CCOCC3)c(OC3C=CC(OC(=O)c4cc(N5CCCCC5)c(Oc5ccccc5)c(S(N)(=O)=O)c4)=CC3)c(S(N)(=O)=O)c2)cc1. The van der Waals surface area contributed by atoms with Gasteiger partial charge in [-0.05, 0) is 122 Å². The molecule has 2 aliphatic heterocycles. The molecule has 0 bridgehead atoms. The predicted molar refractivity (Wildman–Crippen MR) is 289 cm³/mol. The first-order valence-electron chi connectivity index (χ1n) is 24.4. The van der Waals surface area contributed by atoms with E-state index in [4.69, 9.17) is 43.8 Å². The average Bonchev–Trinajstić information content (AvgIpc) is 3.59. The van der Waals surface area contributed by atoms with Gasteiger partial charge in [0.05, 0.1) is 47.0 Å². The Kier molecular flexibility index (Phi) is 16.4. The number of carbonyl (C=O) groups is 3. The number of primary sulfonamides is 3. The van der Waals surface area contributed by atoms with Crippen molar-refractivity contribution in [3.05, 3.63) is 162 Å². The summed E-state index contributed by atoms with van der Waals surface area (Å²) >= 11 is 0. The van der Waals surface area contributed by atoms with Gasteiger partial charge < -0.3 is 48.6 Å². The normalized spacial score (nSPS) is 15.8. The summed E-state index contributed by atoms with van der Waals surface area (Å²) in [5, 5.41) is 29.8. The Balaban J connectivity index is 0.944. The lowest BCUT2D eigenvalue weighted by Gasteiger charge is -2.32. The summed E-state index contributed by atoms with van der Waals surface area (Å²) in [6, 6.07) is 29.4. The summed E-state index contributed by atoms with van der Waals surface area (Å²) in [4.78, 5) is 41.9. The maximum atomic E-state index is 13.9. The Morgan fingerprint density at radius 3 is 1.66 bits per heavy atom. The minimum Gasteiger partial charge on any atom is -0.482 e. The van der Waals surface area contributed by atoms with Gasteiger partial charge in [0.2, 0.25) is 30.1 Å². The van der Waals surface area contributed by atoms with Crippen LogP contribution in [0.1, 0.15) is 56.8 Å². The number of morpholine rings is 1. The smallest absolute Gasteiger partial charge is 0.343 e.